The van der Waals surface area contributed by atoms with Crippen LogP contribution in [0.25, 0.3) is 0 Å². The average Bonchev–Trinajstić information content (AvgIpc) is 3.01. The van der Waals surface area contributed by atoms with Gasteiger partial charge in [-0.25, -0.2) is 4.79 Å². The highest BCUT2D eigenvalue weighted by Crippen LogP contribution is 2.28. The van der Waals surface area contributed by atoms with Crippen molar-refractivity contribution in [3.8, 4) is 0 Å². The van der Waals surface area contributed by atoms with Crippen LogP contribution in [0.5, 0.6) is 0 Å². The van der Waals surface area contributed by atoms with Gasteiger partial charge in [0.1, 0.15) is 0 Å². The molecule has 0 spiro atoms. The van der Waals surface area contributed by atoms with E-state index in [0.29, 0.717) is 17.8 Å². The zero-order chi connectivity index (χ0) is 15.4. The molecule has 2 amide bonds. The van der Waals surface area contributed by atoms with Gasteiger partial charge in [0.15, 0.2) is 0 Å². The topological polar surface area (TPSA) is 59.0 Å². The van der Waals surface area contributed by atoms with Gasteiger partial charge in [0, 0.05) is 35.6 Å². The quantitative estimate of drug-likeness (QED) is 0.879. The molecule has 5 nitrogen and oxygen atoms in total. The molecule has 0 saturated heterocycles. The molecule has 2 N–H and O–H groups in total. The van der Waals surface area contributed by atoms with Crippen LogP contribution in [0.1, 0.15) is 43.1 Å². The maximum Gasteiger partial charge on any atom is 0.315 e. The van der Waals surface area contributed by atoms with Crippen LogP contribution >= 0.6 is 11.8 Å². The molecule has 6 heteroatoms. The molecule has 1 aliphatic rings. The first-order chi connectivity index (χ1) is 10.1. The van der Waals surface area contributed by atoms with E-state index >= 15 is 0 Å². The molecule has 0 radical (unpaired) electrons. The first kappa shape index (κ1) is 16.2. The summed E-state index contributed by atoms with van der Waals surface area (Å²) in [4.78, 5) is 12.1. The van der Waals surface area contributed by atoms with Crippen LogP contribution in [0.2, 0.25) is 0 Å². The summed E-state index contributed by atoms with van der Waals surface area (Å²) >= 11 is 1.85. The second-order valence-electron chi connectivity index (χ2n) is 5.60. The normalized spacial score (nSPS) is 21.5. The van der Waals surface area contributed by atoms with Gasteiger partial charge in [-0.05, 0) is 39.9 Å². The summed E-state index contributed by atoms with van der Waals surface area (Å²) in [5.41, 5.74) is 3.26. The van der Waals surface area contributed by atoms with Gasteiger partial charge in [0.25, 0.3) is 0 Å². The van der Waals surface area contributed by atoms with Crippen molar-refractivity contribution >= 4 is 17.8 Å². The number of thioether (sulfide) groups is 1. The van der Waals surface area contributed by atoms with E-state index < -0.39 is 0 Å². The molecule has 1 aromatic heterocycles. The standard InChI is InChI=1S/C15H26N4OS/c1-5-19-11(3)12(10(2)18-19)9-16-15(20)17-13-7-6-8-14(13)21-4/h13-14H,5-9H2,1-4H3,(H2,16,17,20)/t13-,14-/m1/s1. The van der Waals surface area contributed by atoms with Crippen molar-refractivity contribution in [1.29, 1.82) is 0 Å². The fourth-order valence-corrected chi connectivity index (χ4v) is 3.99. The summed E-state index contributed by atoms with van der Waals surface area (Å²) < 4.78 is 1.98. The van der Waals surface area contributed by atoms with Crippen molar-refractivity contribution in [3.05, 3.63) is 17.0 Å². The zero-order valence-corrected chi connectivity index (χ0v) is 14.2. The fraction of sp³-hybridized carbons (Fsp3) is 0.733. The molecule has 2 rings (SSSR count). The van der Waals surface area contributed by atoms with E-state index in [2.05, 4.69) is 35.8 Å². The lowest BCUT2D eigenvalue weighted by Gasteiger charge is -2.19. The van der Waals surface area contributed by atoms with E-state index in [1.807, 2.05) is 23.4 Å². The fourth-order valence-electron chi connectivity index (χ4n) is 3.06. The van der Waals surface area contributed by atoms with Gasteiger partial charge in [-0.2, -0.15) is 16.9 Å². The predicted octanol–water partition coefficient (Wildman–Crippen LogP) is 2.60. The largest absolute Gasteiger partial charge is 0.334 e. The molecule has 0 bridgehead atoms. The first-order valence-corrected chi connectivity index (χ1v) is 8.95. The SMILES string of the molecule is CCn1nc(C)c(CNC(=O)N[C@@H]2CCC[C@H]2SC)c1C. The summed E-state index contributed by atoms with van der Waals surface area (Å²) in [7, 11) is 0. The third-order valence-corrected chi connectivity index (χ3v) is 5.50. The van der Waals surface area contributed by atoms with Crippen molar-refractivity contribution in [2.45, 2.75) is 64.4 Å². The Bertz CT molecular complexity index is 500. The molecule has 1 saturated carbocycles. The van der Waals surface area contributed by atoms with Crippen molar-refractivity contribution < 1.29 is 4.79 Å². The number of aryl methyl sites for hydroxylation is 2. The Morgan fingerprint density at radius 3 is 2.81 bits per heavy atom. The summed E-state index contributed by atoms with van der Waals surface area (Å²) in [6, 6.07) is 0.240. The van der Waals surface area contributed by atoms with Gasteiger partial charge in [0.2, 0.25) is 0 Å². The van der Waals surface area contributed by atoms with Gasteiger partial charge >= 0.3 is 6.03 Å². The minimum Gasteiger partial charge on any atom is -0.334 e. The lowest BCUT2D eigenvalue weighted by molar-refractivity contribution is 0.237. The van der Waals surface area contributed by atoms with Crippen molar-refractivity contribution in [1.82, 2.24) is 20.4 Å². The Kier molecular flexibility index (Phi) is 5.56. The highest BCUT2D eigenvalue weighted by atomic mass is 32.2. The molecular formula is C15H26N4OS. The number of hydrogen-bond donors (Lipinski definition) is 2. The third kappa shape index (κ3) is 3.73. The minimum absolute atomic E-state index is 0.0657. The Labute approximate surface area is 131 Å². The number of rotatable bonds is 5. The summed E-state index contributed by atoms with van der Waals surface area (Å²) in [6.07, 6.45) is 5.62. The number of carbonyl (C=O) groups excluding carboxylic acids is 1. The molecule has 2 atom stereocenters. The molecule has 1 aliphatic carbocycles. The number of amides is 2. The predicted molar refractivity (Wildman–Crippen MR) is 87.7 cm³/mol. The molecule has 118 valence electrons. The number of hydrogen-bond acceptors (Lipinski definition) is 3. The number of carbonyl (C=O) groups is 1. The van der Waals surface area contributed by atoms with Crippen LogP contribution in [0.15, 0.2) is 0 Å². The van der Waals surface area contributed by atoms with Crippen molar-refractivity contribution in [2.75, 3.05) is 6.26 Å². The third-order valence-electron chi connectivity index (χ3n) is 4.33. The van der Waals surface area contributed by atoms with E-state index in [4.69, 9.17) is 0 Å². The molecule has 0 unspecified atom stereocenters. The zero-order valence-electron chi connectivity index (χ0n) is 13.4. The number of nitrogens with one attached hydrogen (secondary N) is 2. The van der Waals surface area contributed by atoms with E-state index in [-0.39, 0.29) is 6.03 Å². The molecule has 1 aromatic rings. The maximum atomic E-state index is 12.1. The van der Waals surface area contributed by atoms with E-state index in [9.17, 15) is 4.79 Å². The van der Waals surface area contributed by atoms with Gasteiger partial charge < -0.3 is 10.6 Å². The summed E-state index contributed by atoms with van der Waals surface area (Å²) in [5.74, 6) is 0. The Morgan fingerprint density at radius 1 is 1.43 bits per heavy atom. The van der Waals surface area contributed by atoms with Gasteiger partial charge in [-0.3, -0.25) is 4.68 Å². The van der Waals surface area contributed by atoms with E-state index in [0.717, 1.165) is 29.9 Å². The smallest absolute Gasteiger partial charge is 0.315 e. The molecule has 0 aromatic carbocycles. The molecular weight excluding hydrogens is 284 g/mol. The number of urea groups is 1. The monoisotopic (exact) mass is 310 g/mol. The molecule has 1 heterocycles. The highest BCUT2D eigenvalue weighted by molar-refractivity contribution is 7.99. The molecule has 1 fully saturated rings. The summed E-state index contributed by atoms with van der Waals surface area (Å²) in [5, 5.41) is 11.1. The van der Waals surface area contributed by atoms with Crippen LogP contribution in [0.3, 0.4) is 0 Å². The van der Waals surface area contributed by atoms with Gasteiger partial charge in [-0.15, -0.1) is 0 Å². The van der Waals surface area contributed by atoms with Crippen molar-refractivity contribution in [2.24, 2.45) is 0 Å². The van der Waals surface area contributed by atoms with Gasteiger partial charge in [0.05, 0.1) is 5.69 Å². The minimum atomic E-state index is -0.0657. The Hall–Kier alpha value is -1.17. The van der Waals surface area contributed by atoms with Crippen LogP contribution in [-0.2, 0) is 13.1 Å². The second kappa shape index (κ2) is 7.20. The van der Waals surface area contributed by atoms with Crippen molar-refractivity contribution in [3.63, 3.8) is 0 Å². The van der Waals surface area contributed by atoms with Crippen LogP contribution in [0, 0.1) is 13.8 Å². The number of aromatic nitrogens is 2. The van der Waals surface area contributed by atoms with Crippen LogP contribution < -0.4 is 10.6 Å². The van der Waals surface area contributed by atoms with E-state index in [1.54, 1.807) is 0 Å². The molecule has 0 aliphatic heterocycles. The second-order valence-corrected chi connectivity index (χ2v) is 6.68. The highest BCUT2D eigenvalue weighted by Gasteiger charge is 2.27. The number of nitrogens with zero attached hydrogens (tertiary/aromatic N) is 2. The van der Waals surface area contributed by atoms with Gasteiger partial charge in [-0.1, -0.05) is 6.42 Å². The van der Waals surface area contributed by atoms with Crippen LogP contribution in [-0.4, -0.2) is 33.4 Å². The Morgan fingerprint density at radius 2 is 2.19 bits per heavy atom. The Balaban J connectivity index is 1.88. The van der Waals surface area contributed by atoms with Crippen LogP contribution in [0.4, 0.5) is 4.79 Å². The average molecular weight is 310 g/mol. The van der Waals surface area contributed by atoms with E-state index in [1.165, 1.54) is 12.8 Å². The lowest BCUT2D eigenvalue weighted by Crippen LogP contribution is -2.44. The summed E-state index contributed by atoms with van der Waals surface area (Å²) in [6.45, 7) is 7.52. The lowest BCUT2D eigenvalue weighted by atomic mass is 10.2. The maximum absolute atomic E-state index is 12.1. The molecule has 21 heavy (non-hydrogen) atoms. The first-order valence-electron chi connectivity index (χ1n) is 7.66.